The number of hydrogen-bond donors (Lipinski definition) is 2. The van der Waals surface area contributed by atoms with Gasteiger partial charge in [0.1, 0.15) is 11.5 Å². The predicted molar refractivity (Wildman–Crippen MR) is 108 cm³/mol. The van der Waals surface area contributed by atoms with E-state index in [1.54, 1.807) is 6.20 Å². The van der Waals surface area contributed by atoms with Crippen LogP contribution in [0.2, 0.25) is 0 Å². The van der Waals surface area contributed by atoms with Crippen molar-refractivity contribution in [1.29, 1.82) is 0 Å². The van der Waals surface area contributed by atoms with Crippen molar-refractivity contribution in [3.8, 4) is 11.5 Å². The first-order valence-corrected chi connectivity index (χ1v) is 9.47. The lowest BCUT2D eigenvalue weighted by molar-refractivity contribution is 0.0698. The van der Waals surface area contributed by atoms with Crippen LogP contribution < -0.4 is 10.1 Å². The van der Waals surface area contributed by atoms with Crippen molar-refractivity contribution in [2.24, 2.45) is 0 Å². The lowest BCUT2D eigenvalue weighted by Crippen LogP contribution is -2.19. The summed E-state index contributed by atoms with van der Waals surface area (Å²) in [7, 11) is 0. The van der Waals surface area contributed by atoms with Crippen molar-refractivity contribution in [3.63, 3.8) is 0 Å². The highest BCUT2D eigenvalue weighted by atomic mass is 16.5. The molecule has 2 aromatic carbocycles. The lowest BCUT2D eigenvalue weighted by Gasteiger charge is -2.27. The second-order valence-corrected chi connectivity index (χ2v) is 6.97. The monoisotopic (exact) mass is 374 g/mol. The van der Waals surface area contributed by atoms with Crippen LogP contribution in [0.15, 0.2) is 67.0 Å². The van der Waals surface area contributed by atoms with Crippen molar-refractivity contribution in [1.82, 2.24) is 4.98 Å². The molecule has 0 amide bonds. The summed E-state index contributed by atoms with van der Waals surface area (Å²) in [5.74, 6) is 0.983. The second-order valence-electron chi connectivity index (χ2n) is 6.97. The van der Waals surface area contributed by atoms with Crippen LogP contribution in [-0.2, 0) is 6.42 Å². The van der Waals surface area contributed by atoms with Crippen LogP contribution in [0, 0.1) is 0 Å². The van der Waals surface area contributed by atoms with E-state index in [-0.39, 0.29) is 5.56 Å². The molecule has 0 aliphatic heterocycles. The summed E-state index contributed by atoms with van der Waals surface area (Å²) >= 11 is 0. The highest BCUT2D eigenvalue weighted by molar-refractivity contribution is 5.93. The van der Waals surface area contributed by atoms with Gasteiger partial charge in [-0.05, 0) is 60.7 Å². The van der Waals surface area contributed by atoms with E-state index in [4.69, 9.17) is 4.74 Å². The van der Waals surface area contributed by atoms with E-state index in [1.165, 1.54) is 23.4 Å². The van der Waals surface area contributed by atoms with Crippen molar-refractivity contribution in [3.05, 3.63) is 83.7 Å². The van der Waals surface area contributed by atoms with Crippen LogP contribution in [0.5, 0.6) is 11.5 Å². The smallest absolute Gasteiger partial charge is 0.337 e. The molecular weight excluding hydrogens is 352 g/mol. The molecule has 0 saturated carbocycles. The molecule has 4 rings (SSSR count). The average molecular weight is 374 g/mol. The molecule has 0 radical (unpaired) electrons. The molecule has 2 N–H and O–H groups in total. The van der Waals surface area contributed by atoms with Gasteiger partial charge >= 0.3 is 5.97 Å². The fourth-order valence-electron chi connectivity index (χ4n) is 3.73. The molecule has 0 bridgehead atoms. The number of nitrogens with one attached hydrogen (secondary N) is 1. The molecule has 0 fully saturated rings. The molecule has 1 atom stereocenters. The molecule has 0 saturated heterocycles. The largest absolute Gasteiger partial charge is 0.478 e. The molecule has 5 nitrogen and oxygen atoms in total. The van der Waals surface area contributed by atoms with Gasteiger partial charge in [0.2, 0.25) is 0 Å². The summed E-state index contributed by atoms with van der Waals surface area (Å²) in [6.45, 7) is 0.660. The number of aromatic nitrogens is 1. The number of para-hydroxylation sites is 1. The second kappa shape index (κ2) is 8.13. The van der Waals surface area contributed by atoms with E-state index in [1.807, 2.05) is 36.4 Å². The van der Waals surface area contributed by atoms with Crippen LogP contribution in [0.3, 0.4) is 0 Å². The quantitative estimate of drug-likeness (QED) is 0.628. The summed E-state index contributed by atoms with van der Waals surface area (Å²) in [5.41, 5.74) is 3.40. The summed E-state index contributed by atoms with van der Waals surface area (Å²) in [5, 5.41) is 12.6. The zero-order valence-corrected chi connectivity index (χ0v) is 15.5. The Morgan fingerprint density at radius 3 is 2.82 bits per heavy atom. The molecule has 3 aromatic rings. The van der Waals surface area contributed by atoms with Crippen LogP contribution in [0.4, 0.5) is 5.69 Å². The first-order chi connectivity index (χ1) is 13.7. The summed E-state index contributed by atoms with van der Waals surface area (Å²) in [6.07, 6.45) is 6.30. The third-order valence-corrected chi connectivity index (χ3v) is 5.13. The van der Waals surface area contributed by atoms with Crippen LogP contribution >= 0.6 is 0 Å². The number of fused-ring (bicyclic) bond motifs is 1. The fourth-order valence-corrected chi connectivity index (χ4v) is 3.73. The summed E-state index contributed by atoms with van der Waals surface area (Å²) < 4.78 is 6.00. The Hall–Kier alpha value is -3.34. The molecule has 1 aromatic heterocycles. The number of nitrogens with zero attached hydrogens (tertiary/aromatic N) is 1. The minimum absolute atomic E-state index is 0.243. The Bertz CT molecular complexity index is 973. The number of benzene rings is 2. The van der Waals surface area contributed by atoms with Gasteiger partial charge in [-0.2, -0.15) is 0 Å². The fraction of sp³-hybridized carbons (Fsp3) is 0.217. The van der Waals surface area contributed by atoms with Crippen molar-refractivity contribution in [2.45, 2.75) is 25.2 Å². The normalized spacial score (nSPS) is 15.5. The van der Waals surface area contributed by atoms with Gasteiger partial charge in [0.05, 0.1) is 17.4 Å². The van der Waals surface area contributed by atoms with Crippen molar-refractivity contribution in [2.75, 3.05) is 11.9 Å². The van der Waals surface area contributed by atoms with Gasteiger partial charge in [-0.25, -0.2) is 4.79 Å². The maximum Gasteiger partial charge on any atom is 0.337 e. The molecular formula is C23H22N2O3. The first kappa shape index (κ1) is 18.0. The molecule has 5 heteroatoms. The van der Waals surface area contributed by atoms with Gasteiger partial charge in [-0.15, -0.1) is 0 Å². The number of anilines is 1. The van der Waals surface area contributed by atoms with Gasteiger partial charge in [-0.1, -0.05) is 24.3 Å². The number of carbonyl (C=O) groups is 1. The summed E-state index contributed by atoms with van der Waals surface area (Å²) in [6, 6.07) is 17.6. The number of aromatic carboxylic acids is 1. The van der Waals surface area contributed by atoms with E-state index in [2.05, 4.69) is 22.4 Å². The van der Waals surface area contributed by atoms with Crippen LogP contribution in [0.1, 0.15) is 40.2 Å². The Labute approximate surface area is 164 Å². The number of pyridine rings is 1. The van der Waals surface area contributed by atoms with Crippen LogP contribution in [-0.4, -0.2) is 22.6 Å². The topological polar surface area (TPSA) is 71.5 Å². The number of aryl methyl sites for hydroxylation is 1. The molecule has 142 valence electrons. The van der Waals surface area contributed by atoms with E-state index < -0.39 is 5.97 Å². The van der Waals surface area contributed by atoms with Crippen molar-refractivity contribution < 1.29 is 14.6 Å². The maximum atomic E-state index is 11.4. The number of carboxylic acid groups (broad SMARTS) is 1. The molecule has 1 unspecified atom stereocenters. The highest BCUT2D eigenvalue weighted by Gasteiger charge is 2.21. The van der Waals surface area contributed by atoms with Crippen molar-refractivity contribution >= 4 is 11.7 Å². The number of rotatable bonds is 6. The maximum absolute atomic E-state index is 11.4. The van der Waals surface area contributed by atoms with E-state index in [0.717, 1.165) is 30.8 Å². The van der Waals surface area contributed by atoms with Gasteiger partial charge in [-0.3, -0.25) is 4.98 Å². The zero-order valence-electron chi connectivity index (χ0n) is 15.5. The van der Waals surface area contributed by atoms with E-state index in [9.17, 15) is 9.90 Å². The zero-order chi connectivity index (χ0) is 19.3. The van der Waals surface area contributed by atoms with Crippen LogP contribution in [0.25, 0.3) is 0 Å². The van der Waals surface area contributed by atoms with Gasteiger partial charge < -0.3 is 15.2 Å². The first-order valence-electron chi connectivity index (χ1n) is 9.47. The SMILES string of the molecule is O=C(O)c1ccncc1NCC1CCCc2ccc(Oc3ccccc3)cc21. The Kier molecular flexibility index (Phi) is 5.24. The standard InChI is InChI=1S/C23H22N2O3/c26-23(27)20-11-12-24-15-22(20)25-14-17-6-4-5-16-9-10-19(13-21(16)17)28-18-7-2-1-3-8-18/h1-3,7-13,15,17,25H,4-6,14H2,(H,26,27). The van der Waals surface area contributed by atoms with Gasteiger partial charge in [0.15, 0.2) is 0 Å². The molecule has 1 aliphatic carbocycles. The minimum atomic E-state index is -0.951. The van der Waals surface area contributed by atoms with E-state index in [0.29, 0.717) is 18.2 Å². The third-order valence-electron chi connectivity index (χ3n) is 5.13. The Morgan fingerprint density at radius 1 is 1.14 bits per heavy atom. The molecule has 1 aliphatic rings. The highest BCUT2D eigenvalue weighted by Crippen LogP contribution is 2.35. The number of hydrogen-bond acceptors (Lipinski definition) is 4. The lowest BCUT2D eigenvalue weighted by atomic mass is 9.82. The van der Waals surface area contributed by atoms with Gasteiger partial charge in [0, 0.05) is 18.7 Å². The number of carboxylic acids is 1. The van der Waals surface area contributed by atoms with E-state index >= 15 is 0 Å². The Balaban J connectivity index is 1.53. The third kappa shape index (κ3) is 3.98. The Morgan fingerprint density at radius 2 is 2.00 bits per heavy atom. The minimum Gasteiger partial charge on any atom is -0.478 e. The number of ether oxygens (including phenoxy) is 1. The predicted octanol–water partition coefficient (Wildman–Crippen LogP) is 5.10. The molecule has 1 heterocycles. The molecule has 0 spiro atoms. The average Bonchev–Trinajstić information content (AvgIpc) is 2.73. The van der Waals surface area contributed by atoms with Gasteiger partial charge in [0.25, 0.3) is 0 Å². The molecule has 28 heavy (non-hydrogen) atoms. The summed E-state index contributed by atoms with van der Waals surface area (Å²) in [4.78, 5) is 15.5.